The van der Waals surface area contributed by atoms with Crippen molar-refractivity contribution < 1.29 is 9.53 Å². The SMILES string of the molecule is CC1=NN(c2nc(-c3ccc(Br)cc3)cs2)C(=O)[C@H]1N=Nc1ccc(Oc2ccccc2)cc1. The van der Waals surface area contributed by atoms with Crippen LogP contribution in [0.4, 0.5) is 10.8 Å². The maximum atomic E-state index is 13.0. The Kier molecular flexibility index (Phi) is 6.29. The predicted molar refractivity (Wildman–Crippen MR) is 137 cm³/mol. The van der Waals surface area contributed by atoms with Crippen LogP contribution in [-0.2, 0) is 4.79 Å². The molecule has 1 aliphatic heterocycles. The number of carbonyl (C=O) groups is 1. The second-order valence-corrected chi connectivity index (χ2v) is 9.19. The van der Waals surface area contributed by atoms with E-state index in [4.69, 9.17) is 4.74 Å². The van der Waals surface area contributed by atoms with E-state index < -0.39 is 6.04 Å². The Bertz CT molecular complexity index is 1370. The van der Waals surface area contributed by atoms with Gasteiger partial charge >= 0.3 is 0 Å². The molecule has 5 rings (SSSR count). The first-order valence-electron chi connectivity index (χ1n) is 10.4. The molecule has 2 heterocycles. The third kappa shape index (κ3) is 4.80. The van der Waals surface area contributed by atoms with Gasteiger partial charge in [0, 0.05) is 15.4 Å². The molecule has 0 unspecified atom stereocenters. The van der Waals surface area contributed by atoms with Crippen LogP contribution in [0.2, 0.25) is 0 Å². The Balaban J connectivity index is 1.26. The van der Waals surface area contributed by atoms with E-state index in [0.717, 1.165) is 21.5 Å². The Morgan fingerprint density at radius 3 is 2.41 bits per heavy atom. The standard InChI is InChI=1S/C25H18BrN5O2S/c1-16-23(29-28-19-11-13-21(14-12-19)33-20-5-3-2-4-6-20)24(32)31(30-16)25-27-22(15-34-25)17-7-9-18(26)10-8-17/h2-15,23H,1H3/t23-/m0/s1. The van der Waals surface area contributed by atoms with Crippen molar-refractivity contribution in [2.45, 2.75) is 13.0 Å². The average molecular weight is 532 g/mol. The Hall–Kier alpha value is -3.69. The van der Waals surface area contributed by atoms with E-state index in [1.165, 1.54) is 16.3 Å². The van der Waals surface area contributed by atoms with E-state index >= 15 is 0 Å². The largest absolute Gasteiger partial charge is 0.457 e. The first-order valence-corrected chi connectivity index (χ1v) is 12.1. The van der Waals surface area contributed by atoms with Crippen LogP contribution in [0.25, 0.3) is 11.3 Å². The first kappa shape index (κ1) is 22.1. The molecule has 0 spiro atoms. The monoisotopic (exact) mass is 531 g/mol. The number of hydrogen-bond acceptors (Lipinski definition) is 7. The summed E-state index contributed by atoms with van der Waals surface area (Å²) in [5.74, 6) is 1.17. The number of anilines is 1. The van der Waals surface area contributed by atoms with Crippen LogP contribution in [0.15, 0.2) is 104 Å². The minimum absolute atomic E-state index is 0.276. The van der Waals surface area contributed by atoms with E-state index in [2.05, 4.69) is 36.2 Å². The lowest BCUT2D eigenvalue weighted by Gasteiger charge is -2.08. The Morgan fingerprint density at radius 2 is 1.68 bits per heavy atom. The lowest BCUT2D eigenvalue weighted by Crippen LogP contribution is -2.29. The lowest BCUT2D eigenvalue weighted by atomic mass is 10.2. The number of hydrazone groups is 1. The second kappa shape index (κ2) is 9.66. The number of para-hydroxylation sites is 1. The lowest BCUT2D eigenvalue weighted by molar-refractivity contribution is -0.117. The fraction of sp³-hybridized carbons (Fsp3) is 0.0800. The van der Waals surface area contributed by atoms with Crippen LogP contribution >= 0.6 is 27.3 Å². The Morgan fingerprint density at radius 1 is 0.971 bits per heavy atom. The highest BCUT2D eigenvalue weighted by molar-refractivity contribution is 9.10. The van der Waals surface area contributed by atoms with Crippen molar-refractivity contribution in [2.24, 2.45) is 15.3 Å². The molecule has 4 aromatic rings. The van der Waals surface area contributed by atoms with Gasteiger partial charge in [0.2, 0.25) is 5.13 Å². The van der Waals surface area contributed by atoms with Crippen LogP contribution in [-0.4, -0.2) is 22.6 Å². The number of rotatable bonds is 6. The normalized spacial score (nSPS) is 15.7. The first-order chi connectivity index (χ1) is 16.6. The fourth-order valence-electron chi connectivity index (χ4n) is 3.27. The number of azo groups is 1. The van der Waals surface area contributed by atoms with E-state index in [1.807, 2.05) is 72.1 Å². The zero-order chi connectivity index (χ0) is 23.5. The maximum Gasteiger partial charge on any atom is 0.282 e. The van der Waals surface area contributed by atoms with E-state index in [9.17, 15) is 4.79 Å². The summed E-state index contributed by atoms with van der Waals surface area (Å²) in [6, 6.07) is 23.8. The molecule has 0 N–H and O–H groups in total. The maximum absolute atomic E-state index is 13.0. The molecule has 0 saturated heterocycles. The topological polar surface area (TPSA) is 79.5 Å². The number of halogens is 1. The molecule has 7 nitrogen and oxygen atoms in total. The van der Waals surface area contributed by atoms with Gasteiger partial charge in [-0.1, -0.05) is 46.3 Å². The highest BCUT2D eigenvalue weighted by Crippen LogP contribution is 2.31. The van der Waals surface area contributed by atoms with Gasteiger partial charge in [0.25, 0.3) is 5.91 Å². The van der Waals surface area contributed by atoms with E-state index in [1.54, 1.807) is 19.1 Å². The minimum Gasteiger partial charge on any atom is -0.457 e. The smallest absolute Gasteiger partial charge is 0.282 e. The molecule has 0 saturated carbocycles. The number of benzene rings is 3. The predicted octanol–water partition coefficient (Wildman–Crippen LogP) is 7.24. The summed E-state index contributed by atoms with van der Waals surface area (Å²) >= 11 is 4.79. The molecule has 0 radical (unpaired) electrons. The van der Waals surface area contributed by atoms with Crippen molar-refractivity contribution in [2.75, 3.05) is 5.01 Å². The van der Waals surface area contributed by atoms with Crippen LogP contribution in [0.5, 0.6) is 11.5 Å². The molecule has 168 valence electrons. The third-order valence-corrected chi connectivity index (χ3v) is 6.36. The van der Waals surface area contributed by atoms with E-state index in [0.29, 0.717) is 22.3 Å². The van der Waals surface area contributed by atoms with Gasteiger partial charge in [-0.3, -0.25) is 4.79 Å². The Labute approximate surface area is 208 Å². The van der Waals surface area contributed by atoms with Crippen LogP contribution < -0.4 is 9.75 Å². The number of amides is 1. The molecule has 0 aliphatic carbocycles. The van der Waals surface area contributed by atoms with Gasteiger partial charge in [0.1, 0.15) is 11.5 Å². The summed E-state index contributed by atoms with van der Waals surface area (Å²) in [6.07, 6.45) is 0. The average Bonchev–Trinajstić information content (AvgIpc) is 3.44. The summed E-state index contributed by atoms with van der Waals surface area (Å²) in [6.45, 7) is 1.77. The number of nitrogens with zero attached hydrogens (tertiary/aromatic N) is 5. The van der Waals surface area contributed by atoms with Crippen molar-refractivity contribution in [3.05, 3.63) is 88.7 Å². The van der Waals surface area contributed by atoms with Crippen molar-refractivity contribution in [1.82, 2.24) is 4.98 Å². The second-order valence-electron chi connectivity index (χ2n) is 7.44. The van der Waals surface area contributed by atoms with Gasteiger partial charge in [-0.05, 0) is 55.5 Å². The molecular formula is C25H18BrN5O2S. The van der Waals surface area contributed by atoms with Gasteiger partial charge in [0.15, 0.2) is 6.04 Å². The third-order valence-electron chi connectivity index (χ3n) is 5.01. The zero-order valence-corrected chi connectivity index (χ0v) is 20.4. The van der Waals surface area contributed by atoms with Gasteiger partial charge in [0.05, 0.1) is 17.1 Å². The highest BCUT2D eigenvalue weighted by Gasteiger charge is 2.36. The summed E-state index contributed by atoms with van der Waals surface area (Å²) in [7, 11) is 0. The molecule has 3 aromatic carbocycles. The number of thiazole rings is 1. The summed E-state index contributed by atoms with van der Waals surface area (Å²) < 4.78 is 6.78. The van der Waals surface area contributed by atoms with Crippen molar-refractivity contribution in [3.8, 4) is 22.8 Å². The molecule has 1 aliphatic rings. The van der Waals surface area contributed by atoms with Crippen LogP contribution in [0.3, 0.4) is 0 Å². The van der Waals surface area contributed by atoms with Gasteiger partial charge in [-0.25, -0.2) is 4.98 Å². The molecule has 9 heteroatoms. The fourth-order valence-corrected chi connectivity index (χ4v) is 4.32. The van der Waals surface area contributed by atoms with E-state index in [-0.39, 0.29) is 5.91 Å². The van der Waals surface area contributed by atoms with Crippen molar-refractivity contribution in [3.63, 3.8) is 0 Å². The molecule has 0 fully saturated rings. The molecule has 1 aromatic heterocycles. The quantitative estimate of drug-likeness (QED) is 0.246. The van der Waals surface area contributed by atoms with Crippen molar-refractivity contribution in [1.29, 1.82) is 0 Å². The minimum atomic E-state index is -0.778. The van der Waals surface area contributed by atoms with Gasteiger partial charge in [-0.2, -0.15) is 20.3 Å². The summed E-state index contributed by atoms with van der Waals surface area (Å²) in [5.41, 5.74) is 2.94. The number of hydrogen-bond donors (Lipinski definition) is 0. The molecule has 0 bridgehead atoms. The molecule has 1 amide bonds. The van der Waals surface area contributed by atoms with Crippen LogP contribution in [0, 0.1) is 0 Å². The summed E-state index contributed by atoms with van der Waals surface area (Å²) in [4.78, 5) is 17.6. The number of carbonyl (C=O) groups excluding carboxylic acids is 1. The summed E-state index contributed by atoms with van der Waals surface area (Å²) in [5, 5.41) is 16.6. The van der Waals surface area contributed by atoms with Crippen molar-refractivity contribution >= 4 is 49.7 Å². The molecule has 1 atom stereocenters. The number of aromatic nitrogens is 1. The molecular weight excluding hydrogens is 514 g/mol. The highest BCUT2D eigenvalue weighted by atomic mass is 79.9. The van der Waals surface area contributed by atoms with Crippen LogP contribution in [0.1, 0.15) is 6.92 Å². The van der Waals surface area contributed by atoms with Gasteiger partial charge < -0.3 is 4.74 Å². The number of ether oxygens (including phenoxy) is 1. The zero-order valence-electron chi connectivity index (χ0n) is 18.0. The van der Waals surface area contributed by atoms with Gasteiger partial charge in [-0.15, -0.1) is 11.3 Å². The molecule has 34 heavy (non-hydrogen) atoms.